The van der Waals surface area contributed by atoms with Crippen LogP contribution in [0.2, 0.25) is 5.02 Å². The van der Waals surface area contributed by atoms with Gasteiger partial charge in [-0.1, -0.05) is 56.3 Å². The van der Waals surface area contributed by atoms with Crippen molar-refractivity contribution < 1.29 is 9.53 Å². The molecule has 1 heterocycles. The van der Waals surface area contributed by atoms with Gasteiger partial charge in [-0.2, -0.15) is 0 Å². The zero-order valence-electron chi connectivity index (χ0n) is 17.9. The summed E-state index contributed by atoms with van der Waals surface area (Å²) in [5.41, 5.74) is 2.30. The van der Waals surface area contributed by atoms with E-state index in [1.165, 1.54) is 19.3 Å². The third-order valence-corrected chi connectivity index (χ3v) is 5.38. The number of hydrogen-bond donors (Lipinski definition) is 0. The molecule has 0 unspecified atom stereocenters. The molecule has 0 aliphatic carbocycles. The van der Waals surface area contributed by atoms with Crippen molar-refractivity contribution in [3.63, 3.8) is 0 Å². The molecule has 0 aliphatic heterocycles. The van der Waals surface area contributed by atoms with E-state index in [-0.39, 0.29) is 5.91 Å². The first kappa shape index (κ1) is 23.5. The summed E-state index contributed by atoms with van der Waals surface area (Å²) in [4.78, 5) is 14.9. The molecule has 160 valence electrons. The smallest absolute Gasteiger partial charge is 0.222 e. The van der Waals surface area contributed by atoms with Crippen molar-refractivity contribution in [2.24, 2.45) is 0 Å². The van der Waals surface area contributed by atoms with Gasteiger partial charge in [0.25, 0.3) is 0 Å². The van der Waals surface area contributed by atoms with E-state index in [9.17, 15) is 4.79 Å². The van der Waals surface area contributed by atoms with Crippen molar-refractivity contribution in [3.05, 3.63) is 58.9 Å². The van der Waals surface area contributed by atoms with Crippen molar-refractivity contribution in [1.82, 2.24) is 9.47 Å². The van der Waals surface area contributed by atoms with Gasteiger partial charge in [0.2, 0.25) is 5.91 Å². The summed E-state index contributed by atoms with van der Waals surface area (Å²) in [6, 6.07) is 12.1. The zero-order valence-corrected chi connectivity index (χ0v) is 18.7. The van der Waals surface area contributed by atoms with E-state index in [4.69, 9.17) is 16.3 Å². The Labute approximate surface area is 180 Å². The second-order valence-corrected chi connectivity index (χ2v) is 8.02. The normalized spacial score (nSPS) is 11.0. The van der Waals surface area contributed by atoms with Gasteiger partial charge in [-0.05, 0) is 42.7 Å². The summed E-state index contributed by atoms with van der Waals surface area (Å²) in [6.07, 6.45) is 9.36. The fraction of sp³-hybridized carbons (Fsp3) is 0.542. The first-order chi connectivity index (χ1) is 14.1. The molecule has 5 heteroatoms. The Morgan fingerprint density at radius 2 is 1.93 bits per heavy atom. The van der Waals surface area contributed by atoms with Crippen molar-refractivity contribution in [2.75, 3.05) is 20.3 Å². The van der Waals surface area contributed by atoms with Crippen molar-refractivity contribution in [1.29, 1.82) is 0 Å². The van der Waals surface area contributed by atoms with Crippen molar-refractivity contribution in [2.45, 2.75) is 65.0 Å². The maximum atomic E-state index is 12.9. The zero-order chi connectivity index (χ0) is 20.9. The number of aromatic nitrogens is 1. The molecular weight excluding hydrogens is 384 g/mol. The molecule has 1 aromatic heterocycles. The molecule has 1 aromatic carbocycles. The summed E-state index contributed by atoms with van der Waals surface area (Å²) in [7, 11) is 1.70. The average molecular weight is 419 g/mol. The monoisotopic (exact) mass is 418 g/mol. The Bertz CT molecular complexity index is 729. The van der Waals surface area contributed by atoms with E-state index in [0.717, 1.165) is 48.6 Å². The number of ether oxygens (including phenoxy) is 1. The largest absolute Gasteiger partial charge is 0.385 e. The predicted molar refractivity (Wildman–Crippen MR) is 120 cm³/mol. The van der Waals surface area contributed by atoms with E-state index in [0.29, 0.717) is 19.6 Å². The van der Waals surface area contributed by atoms with Crippen molar-refractivity contribution in [3.8, 4) is 0 Å². The van der Waals surface area contributed by atoms with Gasteiger partial charge in [-0.3, -0.25) is 4.79 Å². The van der Waals surface area contributed by atoms with Crippen LogP contribution >= 0.6 is 11.6 Å². The van der Waals surface area contributed by atoms with Gasteiger partial charge in [-0.15, -0.1) is 0 Å². The number of carbonyl (C=O) groups excluding carboxylic acids is 1. The molecule has 0 fully saturated rings. The molecule has 0 saturated heterocycles. The highest BCUT2D eigenvalue weighted by atomic mass is 35.5. The van der Waals surface area contributed by atoms with Gasteiger partial charge in [-0.25, -0.2) is 0 Å². The maximum absolute atomic E-state index is 12.9. The highest BCUT2D eigenvalue weighted by molar-refractivity contribution is 6.30. The lowest BCUT2D eigenvalue weighted by Gasteiger charge is -2.24. The fourth-order valence-corrected chi connectivity index (χ4v) is 3.72. The number of unbranched alkanes of at least 4 members (excludes halogenated alkanes) is 4. The fourth-order valence-electron chi connectivity index (χ4n) is 3.50. The summed E-state index contributed by atoms with van der Waals surface area (Å²) >= 11 is 6.13. The Balaban J connectivity index is 1.98. The molecular formula is C24H35ClN2O2. The number of hydrogen-bond acceptors (Lipinski definition) is 2. The van der Waals surface area contributed by atoms with Crippen LogP contribution in [0.3, 0.4) is 0 Å². The number of methoxy groups -OCH3 is 1. The number of carbonyl (C=O) groups is 1. The number of amides is 1. The van der Waals surface area contributed by atoms with Crippen LogP contribution in [0.5, 0.6) is 0 Å². The first-order valence-corrected chi connectivity index (χ1v) is 11.2. The van der Waals surface area contributed by atoms with Gasteiger partial charge in [0.05, 0.1) is 6.54 Å². The molecule has 0 bridgehead atoms. The van der Waals surface area contributed by atoms with Gasteiger partial charge in [0.15, 0.2) is 0 Å². The molecule has 2 rings (SSSR count). The lowest BCUT2D eigenvalue weighted by molar-refractivity contribution is -0.132. The van der Waals surface area contributed by atoms with Gasteiger partial charge < -0.3 is 14.2 Å². The lowest BCUT2D eigenvalue weighted by Crippen LogP contribution is -2.32. The summed E-state index contributed by atoms with van der Waals surface area (Å²) in [5, 5.41) is 0.746. The Morgan fingerprint density at radius 3 is 2.69 bits per heavy atom. The van der Waals surface area contributed by atoms with Crippen LogP contribution in [0.1, 0.15) is 63.1 Å². The topological polar surface area (TPSA) is 34.5 Å². The minimum atomic E-state index is 0.244. The summed E-state index contributed by atoms with van der Waals surface area (Å²) in [6.45, 7) is 4.99. The molecule has 0 aliphatic rings. The number of halogens is 1. The molecule has 1 amide bonds. The quantitative estimate of drug-likeness (QED) is 0.357. The SMILES string of the molecule is CCCCCCCC(=O)N(CCCOC)Cc1cccn1Cc1cccc(Cl)c1. The second-order valence-electron chi connectivity index (χ2n) is 7.58. The van der Waals surface area contributed by atoms with Gasteiger partial charge in [0.1, 0.15) is 0 Å². The van der Waals surface area contributed by atoms with Gasteiger partial charge in [0, 0.05) is 50.1 Å². The minimum Gasteiger partial charge on any atom is -0.385 e. The van der Waals surface area contributed by atoms with E-state index >= 15 is 0 Å². The van der Waals surface area contributed by atoms with Crippen LogP contribution in [0, 0.1) is 0 Å². The standard InChI is InChI=1S/C24H35ClN2O2/c1-3-4-5-6-7-14-24(28)27(16-10-17-29-2)20-23-13-9-15-26(23)19-21-11-8-12-22(25)18-21/h8-9,11-13,15,18H,3-7,10,14,16-17,19-20H2,1-2H3. The molecule has 0 saturated carbocycles. The van der Waals surface area contributed by atoms with Crippen LogP contribution < -0.4 is 0 Å². The van der Waals surface area contributed by atoms with Crippen LogP contribution in [0.4, 0.5) is 0 Å². The van der Waals surface area contributed by atoms with Gasteiger partial charge >= 0.3 is 0 Å². The Hall–Kier alpha value is -1.78. The Kier molecular flexibility index (Phi) is 10.9. The second kappa shape index (κ2) is 13.4. The predicted octanol–water partition coefficient (Wildman–Crippen LogP) is 5.92. The van der Waals surface area contributed by atoms with E-state index in [1.54, 1.807) is 7.11 Å². The van der Waals surface area contributed by atoms with E-state index < -0.39 is 0 Å². The van der Waals surface area contributed by atoms with Crippen LogP contribution in [0.15, 0.2) is 42.6 Å². The molecule has 0 N–H and O–H groups in total. The Morgan fingerprint density at radius 1 is 1.10 bits per heavy atom. The highest BCUT2D eigenvalue weighted by Gasteiger charge is 2.15. The third-order valence-electron chi connectivity index (χ3n) is 5.14. The van der Waals surface area contributed by atoms with Crippen LogP contribution in [-0.4, -0.2) is 35.6 Å². The summed E-state index contributed by atoms with van der Waals surface area (Å²) in [5.74, 6) is 0.244. The first-order valence-electron chi connectivity index (χ1n) is 10.8. The van der Waals surface area contributed by atoms with E-state index in [1.807, 2.05) is 29.2 Å². The molecule has 0 radical (unpaired) electrons. The van der Waals surface area contributed by atoms with E-state index in [2.05, 4.69) is 29.8 Å². The summed E-state index contributed by atoms with van der Waals surface area (Å²) < 4.78 is 7.39. The molecule has 0 spiro atoms. The number of rotatable bonds is 14. The highest BCUT2D eigenvalue weighted by Crippen LogP contribution is 2.16. The van der Waals surface area contributed by atoms with Crippen LogP contribution in [-0.2, 0) is 22.6 Å². The van der Waals surface area contributed by atoms with Crippen LogP contribution in [0.25, 0.3) is 0 Å². The lowest BCUT2D eigenvalue weighted by atomic mass is 10.1. The third kappa shape index (κ3) is 8.63. The molecule has 4 nitrogen and oxygen atoms in total. The maximum Gasteiger partial charge on any atom is 0.222 e. The van der Waals surface area contributed by atoms with Crippen molar-refractivity contribution >= 4 is 17.5 Å². The molecule has 0 atom stereocenters. The number of benzene rings is 1. The average Bonchev–Trinajstić information content (AvgIpc) is 3.13. The minimum absolute atomic E-state index is 0.244. The number of nitrogens with zero attached hydrogens (tertiary/aromatic N) is 2. The molecule has 29 heavy (non-hydrogen) atoms. The molecule has 2 aromatic rings.